The molecule has 0 radical (unpaired) electrons. The maximum atomic E-state index is 13.5. The fourth-order valence-corrected chi connectivity index (χ4v) is 4.71. The number of aromatic nitrogens is 2. The molecule has 1 aromatic heterocycles. The first-order valence-corrected chi connectivity index (χ1v) is 11.1. The Morgan fingerprint density at radius 3 is 2.12 bits per heavy atom. The number of benzene rings is 3. The summed E-state index contributed by atoms with van der Waals surface area (Å²) in [6, 6.07) is 21.7. The molecular formula is C23H16Br2N4O3. The van der Waals surface area contributed by atoms with E-state index in [1.165, 1.54) is 12.1 Å². The molecule has 0 aliphatic heterocycles. The molecule has 0 atom stereocenters. The normalized spacial score (nSPS) is 10.7. The van der Waals surface area contributed by atoms with E-state index in [1.54, 1.807) is 4.68 Å². The van der Waals surface area contributed by atoms with E-state index >= 15 is 0 Å². The van der Waals surface area contributed by atoms with Crippen LogP contribution in [0, 0.1) is 17.0 Å². The first kappa shape index (κ1) is 21.9. The maximum absolute atomic E-state index is 13.5. The van der Waals surface area contributed by atoms with Gasteiger partial charge in [-0.15, -0.1) is 0 Å². The molecule has 4 aromatic rings. The quantitative estimate of drug-likeness (QED) is 0.224. The van der Waals surface area contributed by atoms with Gasteiger partial charge in [0.15, 0.2) is 0 Å². The lowest BCUT2D eigenvalue weighted by Gasteiger charge is -2.11. The number of nitrogens with zero attached hydrogens (tertiary/aromatic N) is 3. The second-order valence-corrected chi connectivity index (χ2v) is 8.63. The van der Waals surface area contributed by atoms with E-state index < -0.39 is 4.92 Å². The molecule has 9 heteroatoms. The molecule has 160 valence electrons. The van der Waals surface area contributed by atoms with Gasteiger partial charge in [-0.1, -0.05) is 48.5 Å². The van der Waals surface area contributed by atoms with Crippen LogP contribution in [0.2, 0.25) is 0 Å². The summed E-state index contributed by atoms with van der Waals surface area (Å²) >= 11 is 6.64. The number of carbonyl (C=O) groups is 1. The van der Waals surface area contributed by atoms with Gasteiger partial charge < -0.3 is 5.32 Å². The summed E-state index contributed by atoms with van der Waals surface area (Å²) in [5.74, 6) is -0.376. The predicted molar refractivity (Wildman–Crippen MR) is 130 cm³/mol. The number of amides is 1. The largest absolute Gasteiger partial charge is 0.320 e. The second-order valence-electron chi connectivity index (χ2n) is 6.92. The van der Waals surface area contributed by atoms with Gasteiger partial charge >= 0.3 is 0 Å². The van der Waals surface area contributed by atoms with Crippen LogP contribution in [0.5, 0.6) is 0 Å². The van der Waals surface area contributed by atoms with Crippen molar-refractivity contribution in [3.8, 4) is 16.9 Å². The third-order valence-electron chi connectivity index (χ3n) is 4.87. The Morgan fingerprint density at radius 2 is 1.56 bits per heavy atom. The molecule has 4 rings (SSSR count). The first-order valence-electron chi connectivity index (χ1n) is 9.52. The molecule has 3 aromatic carbocycles. The van der Waals surface area contributed by atoms with Gasteiger partial charge in [0.2, 0.25) is 0 Å². The van der Waals surface area contributed by atoms with Crippen LogP contribution in [0.15, 0.2) is 81.7 Å². The fraction of sp³-hybridized carbons (Fsp3) is 0.0435. The highest BCUT2D eigenvalue weighted by Gasteiger charge is 2.25. The van der Waals surface area contributed by atoms with Gasteiger partial charge in [0.25, 0.3) is 11.6 Å². The van der Waals surface area contributed by atoms with Crippen LogP contribution in [0.1, 0.15) is 16.1 Å². The number of nitro groups is 1. The Bertz CT molecular complexity index is 1300. The minimum atomic E-state index is -0.497. The molecule has 0 spiro atoms. The Hall–Kier alpha value is -3.30. The van der Waals surface area contributed by atoms with Gasteiger partial charge in [-0.25, -0.2) is 4.68 Å². The van der Waals surface area contributed by atoms with E-state index in [0.717, 1.165) is 11.3 Å². The van der Waals surface area contributed by atoms with Crippen LogP contribution in [-0.4, -0.2) is 20.6 Å². The highest BCUT2D eigenvalue weighted by atomic mass is 79.9. The van der Waals surface area contributed by atoms with Crippen molar-refractivity contribution in [1.29, 1.82) is 0 Å². The number of hydrogen-bond acceptors (Lipinski definition) is 4. The zero-order valence-electron chi connectivity index (χ0n) is 16.8. The zero-order chi connectivity index (χ0) is 22.8. The Balaban J connectivity index is 1.82. The van der Waals surface area contributed by atoms with Crippen LogP contribution < -0.4 is 5.32 Å². The number of nitro benzene ring substituents is 1. The second kappa shape index (κ2) is 9.05. The number of rotatable bonds is 5. The molecule has 1 N–H and O–H groups in total. The topological polar surface area (TPSA) is 90.1 Å². The van der Waals surface area contributed by atoms with Crippen molar-refractivity contribution in [3.63, 3.8) is 0 Å². The predicted octanol–water partition coefficient (Wildman–Crippen LogP) is 6.53. The standard InChI is InChI=1S/C23H16Br2N4O3/c1-14-20(23(30)26-22-18(24)12-17(29(31)32)13-19(22)25)21(15-8-4-2-5-9-15)27-28(14)16-10-6-3-7-11-16/h2-13H,1H3,(H,26,30). The molecule has 0 unspecified atom stereocenters. The van der Waals surface area contributed by atoms with Crippen LogP contribution in [0.4, 0.5) is 11.4 Å². The van der Waals surface area contributed by atoms with E-state index in [9.17, 15) is 14.9 Å². The van der Waals surface area contributed by atoms with Gasteiger partial charge in [-0.2, -0.15) is 5.10 Å². The number of halogens is 2. The van der Waals surface area contributed by atoms with Crippen molar-refractivity contribution in [3.05, 3.63) is 103 Å². The van der Waals surface area contributed by atoms with Gasteiger partial charge in [0.05, 0.1) is 27.6 Å². The van der Waals surface area contributed by atoms with Crippen molar-refractivity contribution in [2.45, 2.75) is 6.92 Å². The third kappa shape index (κ3) is 4.21. The van der Waals surface area contributed by atoms with E-state index in [0.29, 0.717) is 31.6 Å². The van der Waals surface area contributed by atoms with Crippen LogP contribution >= 0.6 is 31.9 Å². The lowest BCUT2D eigenvalue weighted by atomic mass is 10.1. The summed E-state index contributed by atoms with van der Waals surface area (Å²) in [4.78, 5) is 24.1. The lowest BCUT2D eigenvalue weighted by Crippen LogP contribution is -2.15. The van der Waals surface area contributed by atoms with E-state index in [4.69, 9.17) is 5.10 Å². The molecule has 0 bridgehead atoms. The highest BCUT2D eigenvalue weighted by Crippen LogP contribution is 2.36. The summed E-state index contributed by atoms with van der Waals surface area (Å²) in [5.41, 5.74) is 3.56. The Morgan fingerprint density at radius 1 is 1.00 bits per heavy atom. The van der Waals surface area contributed by atoms with Gasteiger partial charge in [-0.3, -0.25) is 14.9 Å². The molecule has 0 aliphatic rings. The van der Waals surface area contributed by atoms with Crippen molar-refractivity contribution in [2.24, 2.45) is 0 Å². The van der Waals surface area contributed by atoms with Crippen molar-refractivity contribution in [1.82, 2.24) is 9.78 Å². The average molecular weight is 556 g/mol. The number of hydrogen-bond donors (Lipinski definition) is 1. The molecule has 7 nitrogen and oxygen atoms in total. The van der Waals surface area contributed by atoms with Gasteiger partial charge in [0.1, 0.15) is 5.69 Å². The van der Waals surface area contributed by atoms with E-state index in [1.807, 2.05) is 67.6 Å². The van der Waals surface area contributed by atoms with Gasteiger partial charge in [-0.05, 0) is 50.9 Å². The van der Waals surface area contributed by atoms with Crippen molar-refractivity contribution in [2.75, 3.05) is 5.32 Å². The molecular weight excluding hydrogens is 540 g/mol. The molecule has 1 heterocycles. The third-order valence-corrected chi connectivity index (χ3v) is 6.12. The minimum absolute atomic E-state index is 0.0974. The Labute approximate surface area is 200 Å². The summed E-state index contributed by atoms with van der Waals surface area (Å²) in [5, 5.41) is 18.7. The van der Waals surface area contributed by atoms with Crippen LogP contribution in [-0.2, 0) is 0 Å². The SMILES string of the molecule is Cc1c(C(=O)Nc2c(Br)cc([N+](=O)[O-])cc2Br)c(-c2ccccc2)nn1-c1ccccc1. The van der Waals surface area contributed by atoms with E-state index in [-0.39, 0.29) is 11.6 Å². The first-order chi connectivity index (χ1) is 15.4. The molecule has 32 heavy (non-hydrogen) atoms. The number of anilines is 1. The molecule has 0 saturated carbocycles. The summed E-state index contributed by atoms with van der Waals surface area (Å²) in [7, 11) is 0. The zero-order valence-corrected chi connectivity index (χ0v) is 19.9. The van der Waals surface area contributed by atoms with Crippen molar-refractivity contribution < 1.29 is 9.72 Å². The summed E-state index contributed by atoms with van der Waals surface area (Å²) in [6.07, 6.45) is 0. The number of para-hydroxylation sites is 1. The van der Waals surface area contributed by atoms with Crippen LogP contribution in [0.25, 0.3) is 16.9 Å². The smallest absolute Gasteiger partial charge is 0.271 e. The fourth-order valence-electron chi connectivity index (χ4n) is 3.35. The van der Waals surface area contributed by atoms with Gasteiger partial charge in [0, 0.05) is 26.6 Å². The summed E-state index contributed by atoms with van der Waals surface area (Å²) < 4.78 is 2.51. The molecule has 0 fully saturated rings. The molecule has 0 saturated heterocycles. The van der Waals surface area contributed by atoms with Crippen molar-refractivity contribution >= 4 is 49.1 Å². The average Bonchev–Trinajstić information content (AvgIpc) is 3.14. The highest BCUT2D eigenvalue weighted by molar-refractivity contribution is 9.11. The lowest BCUT2D eigenvalue weighted by molar-refractivity contribution is -0.385. The number of nitrogens with one attached hydrogen (secondary N) is 1. The monoisotopic (exact) mass is 554 g/mol. The molecule has 0 aliphatic carbocycles. The molecule has 1 amide bonds. The summed E-state index contributed by atoms with van der Waals surface area (Å²) in [6.45, 7) is 1.83. The van der Waals surface area contributed by atoms with E-state index in [2.05, 4.69) is 37.2 Å². The maximum Gasteiger partial charge on any atom is 0.271 e. The number of non-ortho nitro benzene ring substituents is 1. The Kier molecular flexibility index (Phi) is 6.20. The number of carbonyl (C=O) groups excluding carboxylic acids is 1. The van der Waals surface area contributed by atoms with Crippen LogP contribution in [0.3, 0.4) is 0 Å². The minimum Gasteiger partial charge on any atom is -0.320 e.